The smallest absolute Gasteiger partial charge is 0.356 e. The molecule has 1 saturated carbocycles. The van der Waals surface area contributed by atoms with E-state index in [1.54, 1.807) is 0 Å². The van der Waals surface area contributed by atoms with Gasteiger partial charge in [-0.15, -0.1) is 0 Å². The zero-order valence-electron chi connectivity index (χ0n) is 13.8. The highest BCUT2D eigenvalue weighted by Crippen LogP contribution is 2.40. The maximum atomic E-state index is 5.92. The van der Waals surface area contributed by atoms with Crippen molar-refractivity contribution in [2.24, 2.45) is 5.92 Å². The molecule has 0 N–H and O–H groups in total. The third kappa shape index (κ3) is 3.99. The predicted molar refractivity (Wildman–Crippen MR) is 90.8 cm³/mol. The quantitative estimate of drug-likeness (QED) is 0.545. The molecule has 3 rings (SSSR count). The molecule has 3 unspecified atom stereocenters. The van der Waals surface area contributed by atoms with Gasteiger partial charge in [-0.1, -0.05) is 24.3 Å². The summed E-state index contributed by atoms with van der Waals surface area (Å²) in [4.78, 5) is 0. The molecular weight excluding hydrogens is 292 g/mol. The minimum atomic E-state index is -1.73. The normalized spacial score (nSPS) is 27.0. The van der Waals surface area contributed by atoms with Gasteiger partial charge in [-0.05, 0) is 62.6 Å². The van der Waals surface area contributed by atoms with Gasteiger partial charge in [0, 0.05) is 13.2 Å². The first kappa shape index (κ1) is 16.2. The van der Waals surface area contributed by atoms with Gasteiger partial charge in [0.1, 0.15) is 0 Å². The molecule has 122 valence electrons. The van der Waals surface area contributed by atoms with Crippen molar-refractivity contribution in [3.8, 4) is 0 Å². The Morgan fingerprint density at radius 3 is 2.59 bits per heavy atom. The molecule has 0 bridgehead atoms. The van der Waals surface area contributed by atoms with Crippen molar-refractivity contribution < 1.29 is 13.6 Å². The average Bonchev–Trinajstić information content (AvgIpc) is 3.32. The van der Waals surface area contributed by atoms with E-state index in [9.17, 15) is 0 Å². The third-order valence-electron chi connectivity index (χ3n) is 4.88. The molecule has 0 amide bonds. The minimum absolute atomic E-state index is 0.586. The van der Waals surface area contributed by atoms with Crippen molar-refractivity contribution >= 4 is 14.5 Å². The topological polar surface area (TPSA) is 31.0 Å². The largest absolute Gasteiger partial charge is 0.394 e. The molecule has 2 aliphatic rings. The van der Waals surface area contributed by atoms with Crippen LogP contribution in [0.5, 0.6) is 0 Å². The van der Waals surface area contributed by atoms with Crippen LogP contribution in [0.4, 0.5) is 0 Å². The van der Waals surface area contributed by atoms with Crippen LogP contribution < -0.4 is 5.19 Å². The van der Waals surface area contributed by atoms with Crippen LogP contribution in [-0.2, 0) is 20.0 Å². The average molecular weight is 321 g/mol. The van der Waals surface area contributed by atoms with Crippen molar-refractivity contribution in [1.82, 2.24) is 0 Å². The summed E-state index contributed by atoms with van der Waals surface area (Å²) in [5.74, 6) is 0.830. The summed E-state index contributed by atoms with van der Waals surface area (Å²) >= 11 is 0. The van der Waals surface area contributed by atoms with Crippen LogP contribution in [0.3, 0.4) is 0 Å². The summed E-state index contributed by atoms with van der Waals surface area (Å²) < 4.78 is 17.5. The highest BCUT2D eigenvalue weighted by atomic mass is 28.3. The van der Waals surface area contributed by atoms with Crippen LogP contribution in [-0.4, -0.2) is 34.7 Å². The molecule has 1 aromatic carbocycles. The monoisotopic (exact) mass is 320 g/mol. The molecule has 0 aromatic heterocycles. The summed E-state index contributed by atoms with van der Waals surface area (Å²) in [5, 5.41) is 1.34. The number of rotatable bonds is 8. The second-order valence-corrected chi connectivity index (χ2v) is 8.32. The fraction of sp³-hybridized carbons (Fsp3) is 0.667. The van der Waals surface area contributed by atoms with Crippen molar-refractivity contribution in [2.45, 2.75) is 58.2 Å². The van der Waals surface area contributed by atoms with Crippen LogP contribution in [0, 0.1) is 5.92 Å². The summed E-state index contributed by atoms with van der Waals surface area (Å²) in [6.45, 7) is 5.56. The Hall–Kier alpha value is -0.683. The summed E-state index contributed by atoms with van der Waals surface area (Å²) in [6.07, 6.45) is 7.47. The maximum Gasteiger partial charge on any atom is 0.356 e. The zero-order chi connectivity index (χ0) is 15.4. The summed E-state index contributed by atoms with van der Waals surface area (Å²) in [7, 11) is -1.73. The molecule has 1 aliphatic carbocycles. The molecule has 3 nitrogen and oxygen atoms in total. The number of benzene rings is 1. The van der Waals surface area contributed by atoms with Gasteiger partial charge < -0.3 is 13.6 Å². The predicted octanol–water partition coefficient (Wildman–Crippen LogP) is 2.69. The van der Waals surface area contributed by atoms with Gasteiger partial charge in [-0.3, -0.25) is 0 Å². The number of aryl methyl sites for hydroxylation is 1. The second-order valence-electron chi connectivity index (χ2n) is 6.37. The van der Waals surface area contributed by atoms with Crippen LogP contribution in [0.2, 0.25) is 0 Å². The third-order valence-corrected chi connectivity index (χ3v) is 7.22. The van der Waals surface area contributed by atoms with Gasteiger partial charge in [-0.25, -0.2) is 0 Å². The second kappa shape index (κ2) is 7.73. The van der Waals surface area contributed by atoms with Crippen LogP contribution >= 0.6 is 0 Å². The Bertz CT molecular complexity index is 473. The molecule has 1 heterocycles. The molecule has 3 atom stereocenters. The van der Waals surface area contributed by atoms with Crippen LogP contribution in [0.1, 0.15) is 45.1 Å². The van der Waals surface area contributed by atoms with E-state index >= 15 is 0 Å². The first-order valence-corrected chi connectivity index (χ1v) is 10.3. The van der Waals surface area contributed by atoms with E-state index in [0.717, 1.165) is 25.6 Å². The summed E-state index contributed by atoms with van der Waals surface area (Å²) in [5.41, 5.74) is 1.43. The lowest BCUT2D eigenvalue weighted by atomic mass is 9.85. The lowest BCUT2D eigenvalue weighted by molar-refractivity contribution is 0.225. The van der Waals surface area contributed by atoms with E-state index in [2.05, 4.69) is 38.1 Å². The number of epoxide rings is 1. The van der Waals surface area contributed by atoms with E-state index in [1.807, 2.05) is 0 Å². The van der Waals surface area contributed by atoms with Gasteiger partial charge in [0.2, 0.25) is 0 Å². The first-order valence-electron chi connectivity index (χ1n) is 8.78. The number of hydrogen-bond acceptors (Lipinski definition) is 3. The van der Waals surface area contributed by atoms with Gasteiger partial charge >= 0.3 is 9.28 Å². The van der Waals surface area contributed by atoms with Gasteiger partial charge in [-0.2, -0.15) is 0 Å². The van der Waals surface area contributed by atoms with E-state index < -0.39 is 9.28 Å². The molecule has 0 radical (unpaired) electrons. The molecule has 22 heavy (non-hydrogen) atoms. The van der Waals surface area contributed by atoms with Crippen molar-refractivity contribution in [3.63, 3.8) is 0 Å². The standard InChI is InChI=1S/C18H28O3Si/c1-3-19-22(20-4-2)18-8-6-5-7-15(18)11-9-14-10-12-16-17(13-14)21-16/h5-8,14,16-17,22H,3-4,9-13H2,1-2H3. The van der Waals surface area contributed by atoms with Crippen LogP contribution in [0.25, 0.3) is 0 Å². The Morgan fingerprint density at radius 2 is 1.86 bits per heavy atom. The molecule has 0 spiro atoms. The van der Waals surface area contributed by atoms with Crippen molar-refractivity contribution in [2.75, 3.05) is 13.2 Å². The molecule has 1 aromatic rings. The lowest BCUT2D eigenvalue weighted by Gasteiger charge is -2.21. The maximum absolute atomic E-state index is 5.92. The van der Waals surface area contributed by atoms with E-state index in [4.69, 9.17) is 13.6 Å². The Kier molecular flexibility index (Phi) is 5.69. The molecular formula is C18H28O3Si. The molecule has 1 aliphatic heterocycles. The van der Waals surface area contributed by atoms with Crippen molar-refractivity contribution in [1.29, 1.82) is 0 Å². The van der Waals surface area contributed by atoms with E-state index in [1.165, 1.54) is 36.4 Å². The lowest BCUT2D eigenvalue weighted by Crippen LogP contribution is -2.39. The van der Waals surface area contributed by atoms with E-state index in [-0.39, 0.29) is 0 Å². The first-order chi connectivity index (χ1) is 10.8. The van der Waals surface area contributed by atoms with E-state index in [0.29, 0.717) is 12.2 Å². The number of ether oxygens (including phenoxy) is 1. The van der Waals surface area contributed by atoms with Crippen LogP contribution in [0.15, 0.2) is 24.3 Å². The number of fused-ring (bicyclic) bond motifs is 1. The molecule has 4 heteroatoms. The highest BCUT2D eigenvalue weighted by Gasteiger charge is 2.43. The minimum Gasteiger partial charge on any atom is -0.394 e. The Labute approximate surface area is 135 Å². The molecule has 1 saturated heterocycles. The van der Waals surface area contributed by atoms with Gasteiger partial charge in [0.15, 0.2) is 0 Å². The highest BCUT2D eigenvalue weighted by molar-refractivity contribution is 6.61. The SMILES string of the molecule is CCO[SiH](OCC)c1ccccc1CCC1CCC2OC2C1. The van der Waals surface area contributed by atoms with Crippen molar-refractivity contribution in [3.05, 3.63) is 29.8 Å². The number of hydrogen-bond donors (Lipinski definition) is 0. The van der Waals surface area contributed by atoms with Gasteiger partial charge in [0.25, 0.3) is 0 Å². The van der Waals surface area contributed by atoms with Gasteiger partial charge in [0.05, 0.1) is 12.2 Å². The molecule has 2 fully saturated rings. The zero-order valence-corrected chi connectivity index (χ0v) is 14.9. The fourth-order valence-corrected chi connectivity index (χ4v) is 5.50. The summed E-state index contributed by atoms with van der Waals surface area (Å²) in [6, 6.07) is 8.72. The Balaban J connectivity index is 1.62. The fourth-order valence-electron chi connectivity index (χ4n) is 3.63. The Morgan fingerprint density at radius 1 is 1.09 bits per heavy atom.